The summed E-state index contributed by atoms with van der Waals surface area (Å²) in [5.74, 6) is 1.06. The molecule has 0 amide bonds. The fourth-order valence-electron chi connectivity index (χ4n) is 2.21. The Balaban J connectivity index is 1.83. The molecule has 7 heteroatoms. The highest BCUT2D eigenvalue weighted by molar-refractivity contribution is 9.10. The number of hydrogen-bond acceptors (Lipinski definition) is 4. The van der Waals surface area contributed by atoms with E-state index < -0.39 is 0 Å². The van der Waals surface area contributed by atoms with Gasteiger partial charge >= 0.3 is 0 Å². The van der Waals surface area contributed by atoms with Crippen molar-refractivity contribution in [1.82, 2.24) is 20.5 Å². The minimum absolute atomic E-state index is 0.285. The first kappa shape index (κ1) is 13.5. The molecule has 106 valence electrons. The molecular formula is C13H15BrFN5. The van der Waals surface area contributed by atoms with E-state index in [2.05, 4.69) is 41.3 Å². The van der Waals surface area contributed by atoms with Crippen LogP contribution >= 0.6 is 15.9 Å². The van der Waals surface area contributed by atoms with Gasteiger partial charge in [-0.3, -0.25) is 5.10 Å². The number of H-pyrrole nitrogens is 1. The molecule has 0 saturated carbocycles. The van der Waals surface area contributed by atoms with E-state index in [4.69, 9.17) is 0 Å². The number of hydrogen-bond donors (Lipinski definition) is 2. The summed E-state index contributed by atoms with van der Waals surface area (Å²) in [6, 6.07) is 4.80. The van der Waals surface area contributed by atoms with Gasteiger partial charge in [0.1, 0.15) is 5.82 Å². The predicted molar refractivity (Wildman–Crippen MR) is 79.2 cm³/mol. The van der Waals surface area contributed by atoms with Crippen molar-refractivity contribution in [2.45, 2.75) is 6.42 Å². The number of rotatable bonds is 2. The summed E-state index contributed by atoms with van der Waals surface area (Å²) >= 11 is 3.18. The zero-order valence-electron chi connectivity index (χ0n) is 10.9. The molecule has 5 nitrogen and oxygen atoms in total. The molecule has 1 aromatic carbocycles. The molecule has 0 unspecified atom stereocenters. The van der Waals surface area contributed by atoms with Crippen LogP contribution in [0.15, 0.2) is 22.7 Å². The second kappa shape index (κ2) is 5.88. The molecule has 2 N–H and O–H groups in total. The first-order valence-electron chi connectivity index (χ1n) is 6.57. The minimum atomic E-state index is -0.285. The van der Waals surface area contributed by atoms with Gasteiger partial charge in [0.05, 0.1) is 4.47 Å². The lowest BCUT2D eigenvalue weighted by atomic mass is 10.2. The molecule has 0 aliphatic carbocycles. The molecule has 2 aromatic rings. The van der Waals surface area contributed by atoms with Crippen LogP contribution in [0.3, 0.4) is 0 Å². The predicted octanol–water partition coefficient (Wildman–Crippen LogP) is 2.17. The van der Waals surface area contributed by atoms with Crippen LogP contribution in [0.25, 0.3) is 11.4 Å². The van der Waals surface area contributed by atoms with Crippen molar-refractivity contribution in [1.29, 1.82) is 0 Å². The highest BCUT2D eigenvalue weighted by Gasteiger charge is 2.15. The molecule has 0 atom stereocenters. The van der Waals surface area contributed by atoms with Gasteiger partial charge in [0.15, 0.2) is 5.82 Å². The SMILES string of the molecule is Fc1ccc(-c2nc(N3CCCNCC3)n[nH]2)cc1Br. The number of nitrogens with one attached hydrogen (secondary N) is 2. The van der Waals surface area contributed by atoms with Crippen LogP contribution in [0.5, 0.6) is 0 Å². The van der Waals surface area contributed by atoms with Gasteiger partial charge in [0.2, 0.25) is 5.95 Å². The fraction of sp³-hybridized carbons (Fsp3) is 0.385. The van der Waals surface area contributed by atoms with Crippen molar-refractivity contribution in [3.05, 3.63) is 28.5 Å². The zero-order chi connectivity index (χ0) is 13.9. The van der Waals surface area contributed by atoms with E-state index in [0.29, 0.717) is 16.2 Å². The lowest BCUT2D eigenvalue weighted by Gasteiger charge is -2.16. The molecule has 2 heterocycles. The highest BCUT2D eigenvalue weighted by Crippen LogP contribution is 2.24. The van der Waals surface area contributed by atoms with E-state index in [1.807, 2.05) is 0 Å². The summed E-state index contributed by atoms with van der Waals surface area (Å²) in [5.41, 5.74) is 0.810. The molecule has 20 heavy (non-hydrogen) atoms. The number of benzene rings is 1. The van der Waals surface area contributed by atoms with Crippen LogP contribution in [0.4, 0.5) is 10.3 Å². The Morgan fingerprint density at radius 3 is 3.00 bits per heavy atom. The van der Waals surface area contributed by atoms with E-state index in [1.54, 1.807) is 12.1 Å². The maximum atomic E-state index is 13.2. The Bertz CT molecular complexity index is 592. The number of anilines is 1. The van der Waals surface area contributed by atoms with Gasteiger partial charge in [-0.15, -0.1) is 5.10 Å². The summed E-state index contributed by atoms with van der Waals surface area (Å²) in [6.45, 7) is 3.80. The molecule has 1 aliphatic rings. The van der Waals surface area contributed by atoms with Crippen molar-refractivity contribution in [2.75, 3.05) is 31.1 Å². The van der Waals surface area contributed by atoms with Crippen molar-refractivity contribution >= 4 is 21.9 Å². The van der Waals surface area contributed by atoms with E-state index >= 15 is 0 Å². The third-order valence-electron chi connectivity index (χ3n) is 3.29. The second-order valence-electron chi connectivity index (χ2n) is 4.70. The Morgan fingerprint density at radius 1 is 1.25 bits per heavy atom. The van der Waals surface area contributed by atoms with Crippen molar-refractivity contribution in [3.63, 3.8) is 0 Å². The van der Waals surface area contributed by atoms with Gasteiger partial charge in [-0.05, 0) is 47.1 Å². The van der Waals surface area contributed by atoms with Gasteiger partial charge in [-0.1, -0.05) is 0 Å². The Labute approximate surface area is 124 Å². The third kappa shape index (κ3) is 2.83. The number of halogens is 2. The first-order chi connectivity index (χ1) is 9.74. The topological polar surface area (TPSA) is 56.8 Å². The zero-order valence-corrected chi connectivity index (χ0v) is 12.5. The van der Waals surface area contributed by atoms with E-state index in [1.165, 1.54) is 6.07 Å². The smallest absolute Gasteiger partial charge is 0.245 e. The van der Waals surface area contributed by atoms with Crippen LogP contribution in [0, 0.1) is 5.82 Å². The molecule has 1 aliphatic heterocycles. The number of aromatic nitrogens is 3. The van der Waals surface area contributed by atoms with E-state index in [9.17, 15) is 4.39 Å². The molecule has 0 spiro atoms. The number of aromatic amines is 1. The van der Waals surface area contributed by atoms with E-state index in [0.717, 1.165) is 38.2 Å². The van der Waals surface area contributed by atoms with Crippen LogP contribution in [-0.4, -0.2) is 41.4 Å². The standard InChI is InChI=1S/C13H15BrFN5/c14-10-8-9(2-3-11(10)15)12-17-13(19-18-12)20-6-1-4-16-5-7-20/h2-3,8,16H,1,4-7H2,(H,17,18,19). The fourth-order valence-corrected chi connectivity index (χ4v) is 2.59. The summed E-state index contributed by atoms with van der Waals surface area (Å²) < 4.78 is 13.7. The maximum Gasteiger partial charge on any atom is 0.245 e. The Morgan fingerprint density at radius 2 is 2.15 bits per heavy atom. The lowest BCUT2D eigenvalue weighted by Crippen LogP contribution is -2.28. The molecule has 0 bridgehead atoms. The molecule has 1 fully saturated rings. The van der Waals surface area contributed by atoms with Crippen LogP contribution < -0.4 is 10.2 Å². The summed E-state index contributed by atoms with van der Waals surface area (Å²) in [4.78, 5) is 6.66. The van der Waals surface area contributed by atoms with Gasteiger partial charge in [-0.25, -0.2) is 4.39 Å². The molecule has 1 saturated heterocycles. The van der Waals surface area contributed by atoms with Gasteiger partial charge in [-0.2, -0.15) is 4.98 Å². The molecule has 3 rings (SSSR count). The van der Waals surface area contributed by atoms with Crippen molar-refractivity contribution in [2.24, 2.45) is 0 Å². The van der Waals surface area contributed by atoms with Gasteiger partial charge < -0.3 is 10.2 Å². The van der Waals surface area contributed by atoms with Crippen molar-refractivity contribution < 1.29 is 4.39 Å². The molecule has 1 aromatic heterocycles. The van der Waals surface area contributed by atoms with Crippen LogP contribution in [0.2, 0.25) is 0 Å². The average Bonchev–Trinajstić information content (AvgIpc) is 2.78. The largest absolute Gasteiger partial charge is 0.338 e. The molecular weight excluding hydrogens is 325 g/mol. The van der Waals surface area contributed by atoms with Crippen LogP contribution in [0.1, 0.15) is 6.42 Å². The summed E-state index contributed by atoms with van der Waals surface area (Å²) in [5, 5.41) is 10.5. The average molecular weight is 340 g/mol. The lowest BCUT2D eigenvalue weighted by molar-refractivity contribution is 0.621. The van der Waals surface area contributed by atoms with Crippen molar-refractivity contribution in [3.8, 4) is 11.4 Å². The Hall–Kier alpha value is -1.47. The normalized spacial score (nSPS) is 16.2. The Kier molecular flexibility index (Phi) is 3.98. The second-order valence-corrected chi connectivity index (χ2v) is 5.56. The molecule has 0 radical (unpaired) electrons. The van der Waals surface area contributed by atoms with Gasteiger partial charge in [0, 0.05) is 25.2 Å². The number of nitrogens with zero attached hydrogens (tertiary/aromatic N) is 3. The summed E-state index contributed by atoms with van der Waals surface area (Å²) in [6.07, 6.45) is 1.08. The maximum absolute atomic E-state index is 13.2. The quantitative estimate of drug-likeness (QED) is 0.880. The summed E-state index contributed by atoms with van der Waals surface area (Å²) in [7, 11) is 0. The first-order valence-corrected chi connectivity index (χ1v) is 7.37. The van der Waals surface area contributed by atoms with Gasteiger partial charge in [0.25, 0.3) is 0 Å². The monoisotopic (exact) mass is 339 g/mol. The van der Waals surface area contributed by atoms with E-state index in [-0.39, 0.29) is 5.82 Å². The van der Waals surface area contributed by atoms with Crippen LogP contribution in [-0.2, 0) is 0 Å². The third-order valence-corrected chi connectivity index (χ3v) is 3.90. The highest BCUT2D eigenvalue weighted by atomic mass is 79.9. The minimum Gasteiger partial charge on any atom is -0.338 e.